The second kappa shape index (κ2) is 9.00. The number of carbonyl (C=O) groups is 2. The molecule has 0 aromatic heterocycles. The highest BCUT2D eigenvalue weighted by Gasteiger charge is 2.37. The lowest BCUT2D eigenvalue weighted by molar-refractivity contribution is -0.137. The highest BCUT2D eigenvalue weighted by Crippen LogP contribution is 2.28. The van der Waals surface area contributed by atoms with E-state index in [4.69, 9.17) is 0 Å². The molecule has 2 aromatic rings. The van der Waals surface area contributed by atoms with Crippen molar-refractivity contribution in [1.29, 1.82) is 0 Å². The Morgan fingerprint density at radius 2 is 1.63 bits per heavy atom. The third-order valence-corrected chi connectivity index (χ3v) is 6.28. The average Bonchev–Trinajstić information content (AvgIpc) is 3.16. The Hall–Kier alpha value is -2.66. The number of amides is 2. The van der Waals surface area contributed by atoms with Crippen LogP contribution in [0.5, 0.6) is 0 Å². The number of anilines is 1. The first-order chi connectivity index (χ1) is 14.5. The molecule has 1 atom stereocenters. The summed E-state index contributed by atoms with van der Waals surface area (Å²) in [6, 6.07) is 18.6. The molecule has 2 aliphatic heterocycles. The van der Waals surface area contributed by atoms with Gasteiger partial charge in [-0.25, -0.2) is 0 Å². The molecule has 2 amide bonds. The second-order valence-electron chi connectivity index (χ2n) is 8.74. The van der Waals surface area contributed by atoms with Gasteiger partial charge in [0.15, 0.2) is 0 Å². The summed E-state index contributed by atoms with van der Waals surface area (Å²) in [6.45, 7) is 8.95. The quantitative estimate of drug-likeness (QED) is 0.765. The maximum absolute atomic E-state index is 13.1. The lowest BCUT2D eigenvalue weighted by Gasteiger charge is -2.36. The Labute approximate surface area is 179 Å². The van der Waals surface area contributed by atoms with Gasteiger partial charge in [0.05, 0.1) is 5.92 Å². The van der Waals surface area contributed by atoms with E-state index in [1.54, 1.807) is 4.90 Å². The smallest absolute Gasteiger partial charge is 0.228 e. The summed E-state index contributed by atoms with van der Waals surface area (Å²) in [6.07, 6.45) is 0.314. The number of carbonyl (C=O) groups excluding carboxylic acids is 2. The van der Waals surface area contributed by atoms with Gasteiger partial charge in [-0.1, -0.05) is 56.3 Å². The predicted octanol–water partition coefficient (Wildman–Crippen LogP) is 3.51. The largest absolute Gasteiger partial charge is 0.340 e. The van der Waals surface area contributed by atoms with Gasteiger partial charge in [-0.05, 0) is 29.2 Å². The minimum absolute atomic E-state index is 0.0494. The first kappa shape index (κ1) is 20.6. The van der Waals surface area contributed by atoms with E-state index in [-0.39, 0.29) is 17.7 Å². The highest BCUT2D eigenvalue weighted by molar-refractivity contribution is 6.00. The van der Waals surface area contributed by atoms with Crippen molar-refractivity contribution in [2.75, 3.05) is 37.6 Å². The molecule has 2 aromatic carbocycles. The number of rotatable bonds is 5. The third kappa shape index (κ3) is 4.57. The molecule has 2 saturated heterocycles. The third-order valence-electron chi connectivity index (χ3n) is 6.28. The number of benzene rings is 2. The van der Waals surface area contributed by atoms with Crippen molar-refractivity contribution in [3.05, 3.63) is 65.7 Å². The van der Waals surface area contributed by atoms with Gasteiger partial charge in [0.2, 0.25) is 11.8 Å². The highest BCUT2D eigenvalue weighted by atomic mass is 16.2. The van der Waals surface area contributed by atoms with E-state index in [2.05, 4.69) is 55.1 Å². The van der Waals surface area contributed by atoms with Crippen molar-refractivity contribution < 1.29 is 9.59 Å². The van der Waals surface area contributed by atoms with Crippen LogP contribution < -0.4 is 4.90 Å². The zero-order valence-corrected chi connectivity index (χ0v) is 18.0. The predicted molar refractivity (Wildman–Crippen MR) is 119 cm³/mol. The van der Waals surface area contributed by atoms with Crippen molar-refractivity contribution in [2.24, 2.45) is 5.92 Å². The fraction of sp³-hybridized carbons (Fsp3) is 0.440. The Morgan fingerprint density at radius 1 is 0.967 bits per heavy atom. The van der Waals surface area contributed by atoms with Crippen LogP contribution in [0.25, 0.3) is 0 Å². The molecule has 2 heterocycles. The van der Waals surface area contributed by atoms with Crippen LogP contribution >= 0.6 is 0 Å². The Kier molecular flexibility index (Phi) is 6.18. The first-order valence-electron chi connectivity index (χ1n) is 11.0. The molecule has 0 spiro atoms. The van der Waals surface area contributed by atoms with Gasteiger partial charge in [0.1, 0.15) is 0 Å². The maximum atomic E-state index is 13.1. The number of hydrogen-bond acceptors (Lipinski definition) is 3. The minimum Gasteiger partial charge on any atom is -0.340 e. The molecule has 2 aliphatic rings. The van der Waals surface area contributed by atoms with E-state index in [9.17, 15) is 9.59 Å². The van der Waals surface area contributed by atoms with Gasteiger partial charge >= 0.3 is 0 Å². The van der Waals surface area contributed by atoms with E-state index < -0.39 is 0 Å². The molecule has 30 heavy (non-hydrogen) atoms. The zero-order valence-electron chi connectivity index (χ0n) is 18.0. The molecule has 0 radical (unpaired) electrons. The van der Waals surface area contributed by atoms with Crippen LogP contribution in [-0.4, -0.2) is 54.3 Å². The molecule has 4 rings (SSSR count). The number of hydrogen-bond donors (Lipinski definition) is 0. The van der Waals surface area contributed by atoms with E-state index in [1.165, 1.54) is 11.1 Å². The van der Waals surface area contributed by atoms with Crippen LogP contribution in [0.4, 0.5) is 5.69 Å². The molecule has 1 unspecified atom stereocenters. The molecule has 2 fully saturated rings. The molecule has 0 bridgehead atoms. The van der Waals surface area contributed by atoms with Gasteiger partial charge in [-0.15, -0.1) is 0 Å². The zero-order chi connectivity index (χ0) is 21.1. The van der Waals surface area contributed by atoms with Crippen LogP contribution in [0, 0.1) is 5.92 Å². The van der Waals surface area contributed by atoms with E-state index >= 15 is 0 Å². The lowest BCUT2D eigenvalue weighted by Crippen LogP contribution is -2.50. The van der Waals surface area contributed by atoms with Crippen molar-refractivity contribution >= 4 is 17.5 Å². The summed E-state index contributed by atoms with van der Waals surface area (Å²) in [7, 11) is 0. The van der Waals surface area contributed by atoms with Gasteiger partial charge < -0.3 is 9.80 Å². The molecule has 0 N–H and O–H groups in total. The Morgan fingerprint density at radius 3 is 2.27 bits per heavy atom. The van der Waals surface area contributed by atoms with Crippen LogP contribution in [0.1, 0.15) is 37.3 Å². The van der Waals surface area contributed by atoms with Gasteiger partial charge in [0, 0.05) is 51.4 Å². The molecule has 0 saturated carbocycles. The maximum Gasteiger partial charge on any atom is 0.228 e. The average molecular weight is 406 g/mol. The van der Waals surface area contributed by atoms with Crippen LogP contribution in [0.3, 0.4) is 0 Å². The summed E-state index contributed by atoms with van der Waals surface area (Å²) in [4.78, 5) is 31.8. The second-order valence-corrected chi connectivity index (χ2v) is 8.74. The summed E-state index contributed by atoms with van der Waals surface area (Å²) in [5, 5.41) is 0. The summed E-state index contributed by atoms with van der Waals surface area (Å²) >= 11 is 0. The molecule has 5 heteroatoms. The Balaban J connectivity index is 1.32. The summed E-state index contributed by atoms with van der Waals surface area (Å²) in [5.41, 5.74) is 3.46. The van der Waals surface area contributed by atoms with Crippen molar-refractivity contribution in [2.45, 2.75) is 32.7 Å². The van der Waals surface area contributed by atoms with Crippen LogP contribution in [0.15, 0.2) is 54.6 Å². The SMILES string of the molecule is CC(C)c1ccc(N2CC(C(=O)N3CCN(Cc4ccccc4)CC3)CC2=O)cc1. The standard InChI is InChI=1S/C25H31N3O2/c1-19(2)21-8-10-23(11-9-21)28-18-22(16-24(28)29)25(30)27-14-12-26(13-15-27)17-20-6-4-3-5-7-20/h3-11,19,22H,12-18H2,1-2H3. The monoisotopic (exact) mass is 405 g/mol. The summed E-state index contributed by atoms with van der Waals surface area (Å²) < 4.78 is 0. The molecular formula is C25H31N3O2. The van der Waals surface area contributed by atoms with Crippen molar-refractivity contribution in [3.8, 4) is 0 Å². The van der Waals surface area contributed by atoms with Gasteiger partial charge in [-0.2, -0.15) is 0 Å². The van der Waals surface area contributed by atoms with E-state index in [0.717, 1.165) is 38.4 Å². The van der Waals surface area contributed by atoms with Crippen molar-refractivity contribution in [3.63, 3.8) is 0 Å². The molecule has 5 nitrogen and oxygen atoms in total. The Bertz CT molecular complexity index is 871. The van der Waals surface area contributed by atoms with Crippen LogP contribution in [0.2, 0.25) is 0 Å². The summed E-state index contributed by atoms with van der Waals surface area (Å²) in [5.74, 6) is 0.406. The van der Waals surface area contributed by atoms with E-state index in [1.807, 2.05) is 23.1 Å². The number of nitrogens with zero attached hydrogens (tertiary/aromatic N) is 3. The van der Waals surface area contributed by atoms with Gasteiger partial charge in [-0.3, -0.25) is 14.5 Å². The normalized spacial score (nSPS) is 20.2. The fourth-order valence-electron chi connectivity index (χ4n) is 4.39. The number of piperazine rings is 1. The molecule has 0 aliphatic carbocycles. The molecular weight excluding hydrogens is 374 g/mol. The fourth-order valence-corrected chi connectivity index (χ4v) is 4.39. The minimum atomic E-state index is -0.233. The molecule has 158 valence electrons. The lowest BCUT2D eigenvalue weighted by atomic mass is 10.0. The first-order valence-corrected chi connectivity index (χ1v) is 11.0. The van der Waals surface area contributed by atoms with Gasteiger partial charge in [0.25, 0.3) is 0 Å². The van der Waals surface area contributed by atoms with Crippen LogP contribution in [-0.2, 0) is 16.1 Å². The van der Waals surface area contributed by atoms with Crippen molar-refractivity contribution in [1.82, 2.24) is 9.80 Å². The topological polar surface area (TPSA) is 43.9 Å². The van der Waals surface area contributed by atoms with E-state index in [0.29, 0.717) is 18.9 Å².